The molecule has 3 heterocycles. The number of allylic oxidation sites excluding steroid dienone is 4. The maximum atomic E-state index is 15.2. The Morgan fingerprint density at radius 2 is 1.78 bits per heavy atom. The molecule has 2 N–H and O–H groups in total. The second-order valence-electron chi connectivity index (χ2n) is 12.0. The van der Waals surface area contributed by atoms with E-state index >= 15 is 8.78 Å². The monoisotopic (exact) mass is 643 g/mol. The van der Waals surface area contributed by atoms with Crippen LogP contribution in [0.4, 0.5) is 17.6 Å². The minimum atomic E-state index is -3.80. The zero-order valence-electron chi connectivity index (χ0n) is 24.3. The van der Waals surface area contributed by atoms with Crippen molar-refractivity contribution in [2.45, 2.75) is 42.5 Å². The van der Waals surface area contributed by atoms with Crippen LogP contribution in [0.15, 0.2) is 77.9 Å². The summed E-state index contributed by atoms with van der Waals surface area (Å²) in [6.45, 7) is 0.898. The molecule has 3 aromatic rings. The molecule has 1 aromatic heterocycles. The summed E-state index contributed by atoms with van der Waals surface area (Å²) in [5, 5.41) is 9.53. The number of nitrogens with two attached hydrogens (primary N) is 1. The number of aromatic nitrogens is 2. The summed E-state index contributed by atoms with van der Waals surface area (Å²) >= 11 is 0. The minimum Gasteiger partial charge on any atom is -0.332 e. The van der Waals surface area contributed by atoms with E-state index in [1.54, 1.807) is 24.3 Å². The van der Waals surface area contributed by atoms with Crippen molar-refractivity contribution in [2.75, 3.05) is 26.2 Å². The lowest BCUT2D eigenvalue weighted by molar-refractivity contribution is -0.0390. The molecule has 0 spiro atoms. The predicted molar refractivity (Wildman–Crippen MR) is 159 cm³/mol. The fourth-order valence-electron chi connectivity index (χ4n) is 6.65. The molecule has 8 nitrogen and oxygen atoms in total. The SMILES string of the molecule is NS(=O)(=O)c1ccc(CN2CCC(c3c(C(=O)N4C[C@@H](C5C=CC=CC5)C(F)(F)C4)cnn3-c3ccc(F)cc3F)CC2)cc1. The maximum Gasteiger partial charge on any atom is 0.270 e. The summed E-state index contributed by atoms with van der Waals surface area (Å²) in [4.78, 5) is 17.3. The van der Waals surface area contributed by atoms with Gasteiger partial charge in [0.05, 0.1) is 28.9 Å². The molecule has 0 radical (unpaired) electrons. The lowest BCUT2D eigenvalue weighted by Crippen LogP contribution is -2.35. The fraction of sp³-hybridized carbons (Fsp3) is 0.375. The van der Waals surface area contributed by atoms with Gasteiger partial charge in [-0.15, -0.1) is 0 Å². The molecule has 6 rings (SSSR count). The van der Waals surface area contributed by atoms with Crippen LogP contribution in [-0.4, -0.2) is 66.0 Å². The first kappa shape index (κ1) is 31.2. The number of primary sulfonamides is 1. The van der Waals surface area contributed by atoms with Crippen molar-refractivity contribution >= 4 is 15.9 Å². The summed E-state index contributed by atoms with van der Waals surface area (Å²) in [5.41, 5.74) is 1.40. The summed E-state index contributed by atoms with van der Waals surface area (Å²) in [7, 11) is -3.80. The second kappa shape index (κ2) is 12.2. The third kappa shape index (κ3) is 6.47. The smallest absolute Gasteiger partial charge is 0.270 e. The van der Waals surface area contributed by atoms with Gasteiger partial charge in [-0.25, -0.2) is 35.8 Å². The number of benzene rings is 2. The third-order valence-corrected chi connectivity index (χ3v) is 9.92. The molecule has 1 amide bonds. The standard InChI is InChI=1S/C32H33F4N5O3S/c33-24-8-11-29(28(34)16-24)41-30(23-12-14-39(15-13-23)18-21-6-9-25(10-7-21)45(37,43)44)26(17-38-41)31(42)40-19-27(32(35,36)20-40)22-4-2-1-3-5-22/h1-4,6-11,16-17,22-23,27H,5,12-15,18-20H2,(H2,37,43,44)/t22?,27-/m0/s1. The Balaban J connectivity index is 1.25. The van der Waals surface area contributed by atoms with E-state index in [0.717, 1.165) is 17.7 Å². The molecule has 2 aliphatic heterocycles. The molecule has 1 aliphatic carbocycles. The lowest BCUT2D eigenvalue weighted by Gasteiger charge is -2.33. The zero-order valence-corrected chi connectivity index (χ0v) is 25.1. The van der Waals surface area contributed by atoms with E-state index in [0.29, 0.717) is 44.6 Å². The highest BCUT2D eigenvalue weighted by atomic mass is 32.2. The van der Waals surface area contributed by atoms with Crippen molar-refractivity contribution in [2.24, 2.45) is 17.0 Å². The van der Waals surface area contributed by atoms with Crippen molar-refractivity contribution in [1.29, 1.82) is 0 Å². The molecule has 45 heavy (non-hydrogen) atoms. The van der Waals surface area contributed by atoms with Gasteiger partial charge in [0.25, 0.3) is 11.8 Å². The van der Waals surface area contributed by atoms with Crippen LogP contribution in [0.25, 0.3) is 5.69 Å². The van der Waals surface area contributed by atoms with Crippen molar-refractivity contribution < 1.29 is 30.8 Å². The van der Waals surface area contributed by atoms with Gasteiger partial charge in [-0.3, -0.25) is 9.69 Å². The van der Waals surface area contributed by atoms with Gasteiger partial charge in [-0.05, 0) is 68.1 Å². The van der Waals surface area contributed by atoms with E-state index in [1.165, 1.54) is 34.0 Å². The van der Waals surface area contributed by atoms with Crippen LogP contribution in [0, 0.1) is 23.5 Å². The van der Waals surface area contributed by atoms with Crippen molar-refractivity contribution in [3.8, 4) is 5.69 Å². The van der Waals surface area contributed by atoms with E-state index in [9.17, 15) is 22.0 Å². The van der Waals surface area contributed by atoms with Crippen LogP contribution in [0.5, 0.6) is 0 Å². The number of hydrogen-bond donors (Lipinski definition) is 1. The van der Waals surface area contributed by atoms with Gasteiger partial charge in [0, 0.05) is 31.0 Å². The first-order valence-corrected chi connectivity index (χ1v) is 16.3. The largest absolute Gasteiger partial charge is 0.332 e. The average molecular weight is 644 g/mol. The Kier molecular flexibility index (Phi) is 8.44. The molecular formula is C32H33F4N5O3S. The molecular weight excluding hydrogens is 610 g/mol. The Morgan fingerprint density at radius 3 is 2.42 bits per heavy atom. The Labute approximate surface area is 258 Å². The van der Waals surface area contributed by atoms with Crippen LogP contribution >= 0.6 is 0 Å². The van der Waals surface area contributed by atoms with Crippen molar-refractivity contribution in [3.63, 3.8) is 0 Å². The summed E-state index contributed by atoms with van der Waals surface area (Å²) in [6, 6.07) is 9.41. The van der Waals surface area contributed by atoms with Gasteiger partial charge < -0.3 is 4.90 Å². The first-order valence-electron chi connectivity index (χ1n) is 14.8. The Hall–Kier alpha value is -3.81. The van der Waals surface area contributed by atoms with Crippen LogP contribution in [0.1, 0.15) is 46.8 Å². The number of piperidine rings is 1. The molecule has 3 aliphatic rings. The molecule has 13 heteroatoms. The quantitative estimate of drug-likeness (QED) is 0.365. The number of carbonyl (C=O) groups is 1. The fourth-order valence-corrected chi connectivity index (χ4v) is 7.16. The molecule has 2 fully saturated rings. The summed E-state index contributed by atoms with van der Waals surface area (Å²) in [6.07, 6.45) is 10.1. The van der Waals surface area contributed by atoms with Gasteiger partial charge in [-0.1, -0.05) is 36.4 Å². The summed E-state index contributed by atoms with van der Waals surface area (Å²) < 4.78 is 83.7. The number of carbonyl (C=O) groups excluding carboxylic acids is 1. The van der Waals surface area contributed by atoms with Gasteiger partial charge in [0.1, 0.15) is 11.5 Å². The highest BCUT2D eigenvalue weighted by molar-refractivity contribution is 7.89. The Morgan fingerprint density at radius 1 is 1.04 bits per heavy atom. The predicted octanol–water partition coefficient (Wildman–Crippen LogP) is 5.02. The number of nitrogens with zero attached hydrogens (tertiary/aromatic N) is 4. The summed E-state index contributed by atoms with van der Waals surface area (Å²) in [5.74, 6) is -6.97. The van der Waals surface area contributed by atoms with Gasteiger partial charge >= 0.3 is 0 Å². The molecule has 2 saturated heterocycles. The van der Waals surface area contributed by atoms with E-state index in [2.05, 4.69) is 10.00 Å². The molecule has 238 valence electrons. The average Bonchev–Trinajstić information content (AvgIpc) is 3.58. The molecule has 2 aromatic carbocycles. The molecule has 0 bridgehead atoms. The van der Waals surface area contributed by atoms with E-state index in [4.69, 9.17) is 5.14 Å². The van der Waals surface area contributed by atoms with Crippen LogP contribution in [0.3, 0.4) is 0 Å². The number of amides is 1. The van der Waals surface area contributed by atoms with Crippen LogP contribution in [0.2, 0.25) is 0 Å². The van der Waals surface area contributed by atoms with Crippen LogP contribution < -0.4 is 5.14 Å². The van der Waals surface area contributed by atoms with Gasteiger partial charge in [-0.2, -0.15) is 5.10 Å². The maximum absolute atomic E-state index is 15.2. The van der Waals surface area contributed by atoms with Crippen molar-refractivity contribution in [3.05, 3.63) is 101 Å². The zero-order chi connectivity index (χ0) is 31.9. The van der Waals surface area contributed by atoms with E-state index < -0.39 is 51.9 Å². The lowest BCUT2D eigenvalue weighted by atomic mass is 9.84. The Bertz CT molecular complexity index is 1750. The van der Waals surface area contributed by atoms with Crippen LogP contribution in [-0.2, 0) is 16.6 Å². The molecule has 1 unspecified atom stereocenters. The van der Waals surface area contributed by atoms with Gasteiger partial charge in [0.15, 0.2) is 5.82 Å². The first-order chi connectivity index (χ1) is 21.4. The number of sulfonamides is 1. The number of likely N-dealkylation sites (tertiary alicyclic amines) is 2. The molecule has 0 saturated carbocycles. The molecule has 2 atom stereocenters. The highest BCUT2D eigenvalue weighted by Gasteiger charge is 2.52. The number of alkyl halides is 2. The second-order valence-corrected chi connectivity index (χ2v) is 13.5. The topological polar surface area (TPSA) is 102 Å². The number of rotatable bonds is 7. The minimum absolute atomic E-state index is 0.0255. The number of hydrogen-bond acceptors (Lipinski definition) is 5. The number of halogens is 4. The van der Waals surface area contributed by atoms with E-state index in [1.807, 2.05) is 12.2 Å². The third-order valence-electron chi connectivity index (χ3n) is 8.99. The normalized spacial score (nSPS) is 22.3. The van der Waals surface area contributed by atoms with Crippen molar-refractivity contribution in [1.82, 2.24) is 19.6 Å². The van der Waals surface area contributed by atoms with Gasteiger partial charge in [0.2, 0.25) is 10.0 Å². The van der Waals surface area contributed by atoms with E-state index in [-0.39, 0.29) is 28.6 Å². The highest BCUT2D eigenvalue weighted by Crippen LogP contribution is 2.42.